The maximum absolute atomic E-state index is 13.3. The van der Waals surface area contributed by atoms with Crippen LogP contribution >= 0.6 is 15.9 Å². The van der Waals surface area contributed by atoms with Crippen LogP contribution < -0.4 is 0 Å². The summed E-state index contributed by atoms with van der Waals surface area (Å²) in [5.74, 6) is -2.05. The van der Waals surface area contributed by atoms with Gasteiger partial charge in [-0.3, -0.25) is 9.59 Å². The fourth-order valence-corrected chi connectivity index (χ4v) is 3.84. The van der Waals surface area contributed by atoms with Crippen molar-refractivity contribution in [2.45, 2.75) is 12.6 Å². The third-order valence-electron chi connectivity index (χ3n) is 5.04. The summed E-state index contributed by atoms with van der Waals surface area (Å²) in [6.07, 6.45) is 0. The molecule has 1 fully saturated rings. The third-order valence-corrected chi connectivity index (χ3v) is 5.57. The first-order valence-corrected chi connectivity index (χ1v) is 10.1. The Bertz CT molecular complexity index is 1130. The van der Waals surface area contributed by atoms with Crippen LogP contribution in [0.2, 0.25) is 0 Å². The third kappa shape index (κ3) is 3.78. The Morgan fingerprint density at radius 3 is 2.20 bits per heavy atom. The van der Waals surface area contributed by atoms with Gasteiger partial charge in [0.15, 0.2) is 0 Å². The molecule has 3 aromatic carbocycles. The smallest absolute Gasteiger partial charge is 0.295 e. The molecule has 1 atom stereocenters. The van der Waals surface area contributed by atoms with Crippen molar-refractivity contribution in [2.75, 3.05) is 0 Å². The molecule has 4 nitrogen and oxygen atoms in total. The lowest BCUT2D eigenvalue weighted by Crippen LogP contribution is -2.29. The summed E-state index contributed by atoms with van der Waals surface area (Å²) in [5, 5.41) is 11.0. The standard InChI is InChI=1S/C24H17BrFNO3/c25-18-10-8-17(9-11-18)22(28)20-21(16-4-2-1-3-5-16)27(24(30)23(20)29)14-15-6-12-19(26)13-7-15/h1-13,21,28H,14H2/b22-20-. The number of ketones is 1. The van der Waals surface area contributed by atoms with Crippen molar-refractivity contribution in [3.05, 3.63) is 111 Å². The van der Waals surface area contributed by atoms with E-state index < -0.39 is 17.7 Å². The molecule has 1 aliphatic rings. The van der Waals surface area contributed by atoms with Crippen LogP contribution in [0.15, 0.2) is 88.9 Å². The van der Waals surface area contributed by atoms with Gasteiger partial charge in [-0.25, -0.2) is 4.39 Å². The van der Waals surface area contributed by atoms with E-state index in [4.69, 9.17) is 0 Å². The number of likely N-dealkylation sites (tertiary alicyclic amines) is 1. The molecule has 0 bridgehead atoms. The van der Waals surface area contributed by atoms with E-state index in [9.17, 15) is 19.1 Å². The number of aliphatic hydroxyl groups excluding tert-OH is 1. The topological polar surface area (TPSA) is 57.6 Å². The molecule has 1 heterocycles. The van der Waals surface area contributed by atoms with Gasteiger partial charge in [0.2, 0.25) is 0 Å². The van der Waals surface area contributed by atoms with Gasteiger partial charge in [0, 0.05) is 16.6 Å². The molecular formula is C24H17BrFNO3. The van der Waals surface area contributed by atoms with E-state index in [0.29, 0.717) is 16.7 Å². The summed E-state index contributed by atoms with van der Waals surface area (Å²) >= 11 is 3.35. The van der Waals surface area contributed by atoms with E-state index in [-0.39, 0.29) is 23.7 Å². The summed E-state index contributed by atoms with van der Waals surface area (Å²) in [6.45, 7) is 0.113. The van der Waals surface area contributed by atoms with Gasteiger partial charge in [0.05, 0.1) is 11.6 Å². The van der Waals surface area contributed by atoms with Crippen LogP contribution in [0.4, 0.5) is 4.39 Å². The molecule has 30 heavy (non-hydrogen) atoms. The first kappa shape index (κ1) is 20.0. The van der Waals surface area contributed by atoms with Crippen LogP contribution in [-0.4, -0.2) is 21.7 Å². The Kier molecular flexibility index (Phi) is 5.50. The van der Waals surface area contributed by atoms with Gasteiger partial charge in [-0.2, -0.15) is 0 Å². The number of benzene rings is 3. The number of carbonyl (C=O) groups excluding carboxylic acids is 2. The zero-order valence-electron chi connectivity index (χ0n) is 15.8. The van der Waals surface area contributed by atoms with Gasteiger partial charge in [0.25, 0.3) is 11.7 Å². The Balaban J connectivity index is 1.83. The number of amides is 1. The van der Waals surface area contributed by atoms with Crippen molar-refractivity contribution in [1.29, 1.82) is 0 Å². The minimum absolute atomic E-state index is 0.0376. The summed E-state index contributed by atoms with van der Waals surface area (Å²) < 4.78 is 14.1. The van der Waals surface area contributed by atoms with Gasteiger partial charge in [-0.15, -0.1) is 0 Å². The molecule has 0 radical (unpaired) electrons. The van der Waals surface area contributed by atoms with Crippen molar-refractivity contribution in [3.63, 3.8) is 0 Å². The number of hydrogen-bond donors (Lipinski definition) is 1. The van der Waals surface area contributed by atoms with Gasteiger partial charge in [-0.1, -0.05) is 70.5 Å². The largest absolute Gasteiger partial charge is 0.507 e. The highest BCUT2D eigenvalue weighted by molar-refractivity contribution is 9.10. The fourth-order valence-electron chi connectivity index (χ4n) is 3.57. The summed E-state index contributed by atoms with van der Waals surface area (Å²) in [6, 6.07) is 21.0. The number of aliphatic hydroxyl groups is 1. The van der Waals surface area contributed by atoms with E-state index in [1.165, 1.54) is 17.0 Å². The molecule has 0 saturated carbocycles. The molecule has 0 spiro atoms. The second-order valence-corrected chi connectivity index (χ2v) is 7.89. The van der Waals surface area contributed by atoms with E-state index in [1.807, 2.05) is 30.3 Å². The van der Waals surface area contributed by atoms with Crippen LogP contribution in [0.3, 0.4) is 0 Å². The molecule has 6 heteroatoms. The van der Waals surface area contributed by atoms with Crippen molar-refractivity contribution in [1.82, 2.24) is 4.90 Å². The minimum Gasteiger partial charge on any atom is -0.507 e. The lowest BCUT2D eigenvalue weighted by Gasteiger charge is -2.25. The number of rotatable bonds is 4. The van der Waals surface area contributed by atoms with Crippen LogP contribution in [0.25, 0.3) is 5.76 Å². The highest BCUT2D eigenvalue weighted by Crippen LogP contribution is 2.40. The first-order valence-electron chi connectivity index (χ1n) is 9.29. The zero-order chi connectivity index (χ0) is 21.3. The molecule has 1 N–H and O–H groups in total. The van der Waals surface area contributed by atoms with Crippen LogP contribution in [0, 0.1) is 5.82 Å². The maximum atomic E-state index is 13.3. The summed E-state index contributed by atoms with van der Waals surface area (Å²) in [7, 11) is 0. The van der Waals surface area contributed by atoms with E-state index >= 15 is 0 Å². The zero-order valence-corrected chi connectivity index (χ0v) is 17.3. The Labute approximate surface area is 181 Å². The SMILES string of the molecule is O=C1C(=O)N(Cc2ccc(F)cc2)C(c2ccccc2)/C1=C(/O)c1ccc(Br)cc1. The lowest BCUT2D eigenvalue weighted by atomic mass is 9.95. The lowest BCUT2D eigenvalue weighted by molar-refractivity contribution is -0.140. The van der Waals surface area contributed by atoms with E-state index in [0.717, 1.165) is 4.47 Å². The molecule has 1 aliphatic heterocycles. The van der Waals surface area contributed by atoms with Gasteiger partial charge in [-0.05, 0) is 35.4 Å². The molecule has 1 saturated heterocycles. The van der Waals surface area contributed by atoms with Gasteiger partial charge in [0.1, 0.15) is 11.6 Å². The number of nitrogens with zero attached hydrogens (tertiary/aromatic N) is 1. The predicted octanol–water partition coefficient (Wildman–Crippen LogP) is 5.21. The number of hydrogen-bond acceptors (Lipinski definition) is 3. The first-order chi connectivity index (χ1) is 14.5. The molecule has 150 valence electrons. The van der Waals surface area contributed by atoms with Crippen LogP contribution in [0.5, 0.6) is 0 Å². The maximum Gasteiger partial charge on any atom is 0.295 e. The fraction of sp³-hybridized carbons (Fsp3) is 0.0833. The average Bonchev–Trinajstić information content (AvgIpc) is 3.01. The normalized spacial score (nSPS) is 18.1. The number of Topliss-reactive ketones (excluding diaryl/α,β-unsaturated/α-hetero) is 1. The van der Waals surface area contributed by atoms with Crippen LogP contribution in [0.1, 0.15) is 22.7 Å². The highest BCUT2D eigenvalue weighted by Gasteiger charge is 2.45. The Morgan fingerprint density at radius 2 is 1.57 bits per heavy atom. The molecular weight excluding hydrogens is 449 g/mol. The number of halogens is 2. The summed E-state index contributed by atoms with van der Waals surface area (Å²) in [5.41, 5.74) is 1.87. The average molecular weight is 466 g/mol. The van der Waals surface area contributed by atoms with Crippen molar-refractivity contribution >= 4 is 33.4 Å². The highest BCUT2D eigenvalue weighted by atomic mass is 79.9. The monoisotopic (exact) mass is 465 g/mol. The van der Waals surface area contributed by atoms with Gasteiger partial charge >= 0.3 is 0 Å². The molecule has 1 amide bonds. The van der Waals surface area contributed by atoms with E-state index in [1.54, 1.807) is 36.4 Å². The number of carbonyl (C=O) groups is 2. The molecule has 0 aliphatic carbocycles. The second-order valence-electron chi connectivity index (χ2n) is 6.97. The Morgan fingerprint density at radius 1 is 0.933 bits per heavy atom. The molecule has 1 unspecified atom stereocenters. The molecule has 4 rings (SSSR count). The van der Waals surface area contributed by atoms with Crippen molar-refractivity contribution in [2.24, 2.45) is 0 Å². The van der Waals surface area contributed by atoms with Crippen LogP contribution in [-0.2, 0) is 16.1 Å². The van der Waals surface area contributed by atoms with Gasteiger partial charge < -0.3 is 10.0 Å². The minimum atomic E-state index is -0.750. The Hall–Kier alpha value is -3.25. The molecule has 3 aromatic rings. The van der Waals surface area contributed by atoms with Crippen molar-refractivity contribution in [3.8, 4) is 0 Å². The predicted molar refractivity (Wildman–Crippen MR) is 115 cm³/mol. The second kappa shape index (κ2) is 8.24. The quantitative estimate of drug-likeness (QED) is 0.326. The van der Waals surface area contributed by atoms with Crippen molar-refractivity contribution < 1.29 is 19.1 Å². The van der Waals surface area contributed by atoms with E-state index in [2.05, 4.69) is 15.9 Å². The molecule has 0 aromatic heterocycles. The summed E-state index contributed by atoms with van der Waals surface area (Å²) in [4.78, 5) is 27.3.